The molecule has 5 nitrogen and oxygen atoms in total. The number of carbonyl (C=O) groups excluding carboxylic acids is 2. The number of rotatable bonds is 4. The number of fused-ring (bicyclic) bond motifs is 1. The predicted octanol–water partition coefficient (Wildman–Crippen LogP) is 5.25. The Morgan fingerprint density at radius 1 is 0.786 bits per heavy atom. The number of hydrogen-bond acceptors (Lipinski definition) is 3. The van der Waals surface area contributed by atoms with E-state index in [1.54, 1.807) is 36.4 Å². The number of para-hydroxylation sites is 1. The first-order valence-corrected chi connectivity index (χ1v) is 8.87. The van der Waals surface area contributed by atoms with E-state index in [1.165, 1.54) is 0 Å². The van der Waals surface area contributed by atoms with Gasteiger partial charge in [-0.1, -0.05) is 36.4 Å². The molecular formula is C23H18N2O3. The number of nitrogens with one attached hydrogen (secondary N) is 2. The Bertz CT molecular complexity index is 1130. The number of carbonyl (C=O) groups is 2. The largest absolute Gasteiger partial charge is 0.451 e. The fraction of sp³-hybridized carbons (Fsp3) is 0.0435. The highest BCUT2D eigenvalue weighted by atomic mass is 16.3. The zero-order chi connectivity index (χ0) is 19.5. The van der Waals surface area contributed by atoms with E-state index < -0.39 is 0 Å². The fourth-order valence-corrected chi connectivity index (χ4v) is 2.95. The minimum atomic E-state index is -0.323. The molecule has 2 N–H and O–H groups in total. The summed E-state index contributed by atoms with van der Waals surface area (Å²) in [5.74, 6) is -0.250. The van der Waals surface area contributed by atoms with E-state index in [2.05, 4.69) is 10.6 Å². The van der Waals surface area contributed by atoms with Crippen LogP contribution < -0.4 is 10.6 Å². The van der Waals surface area contributed by atoms with Crippen LogP contribution in [0.3, 0.4) is 0 Å². The maximum Gasteiger partial charge on any atom is 0.291 e. The molecule has 5 heteroatoms. The number of amides is 2. The van der Waals surface area contributed by atoms with Crippen LogP contribution >= 0.6 is 0 Å². The minimum absolute atomic E-state index is 0.178. The molecule has 0 radical (unpaired) electrons. The number of aryl methyl sites for hydroxylation is 1. The van der Waals surface area contributed by atoms with Gasteiger partial charge in [0, 0.05) is 22.3 Å². The van der Waals surface area contributed by atoms with Crippen LogP contribution in [0.5, 0.6) is 0 Å². The molecule has 0 saturated carbocycles. The van der Waals surface area contributed by atoms with Gasteiger partial charge in [0.2, 0.25) is 0 Å². The fourth-order valence-electron chi connectivity index (χ4n) is 2.95. The van der Waals surface area contributed by atoms with Gasteiger partial charge in [-0.3, -0.25) is 9.59 Å². The molecule has 0 saturated heterocycles. The van der Waals surface area contributed by atoms with Crippen molar-refractivity contribution < 1.29 is 14.0 Å². The first-order chi connectivity index (χ1) is 13.6. The standard InChI is InChI=1S/C23H18N2O3/c1-15-13-18(11-12-19(15)25-22(26)16-7-3-2-4-8-16)24-23(27)21-14-17-9-5-6-10-20(17)28-21/h2-14H,1H3,(H,24,27)(H,25,26). The van der Waals surface area contributed by atoms with Gasteiger partial charge in [0.05, 0.1) is 0 Å². The van der Waals surface area contributed by atoms with Gasteiger partial charge < -0.3 is 15.1 Å². The van der Waals surface area contributed by atoms with Crippen LogP contribution in [0.15, 0.2) is 83.3 Å². The first-order valence-electron chi connectivity index (χ1n) is 8.87. The predicted molar refractivity (Wildman–Crippen MR) is 110 cm³/mol. The second-order valence-corrected chi connectivity index (χ2v) is 6.45. The molecule has 0 spiro atoms. The van der Waals surface area contributed by atoms with Gasteiger partial charge in [0.25, 0.3) is 11.8 Å². The maximum absolute atomic E-state index is 12.5. The molecule has 3 aromatic carbocycles. The molecule has 1 aromatic heterocycles. The lowest BCUT2D eigenvalue weighted by Gasteiger charge is -2.11. The van der Waals surface area contributed by atoms with E-state index in [9.17, 15) is 9.59 Å². The average molecular weight is 370 g/mol. The average Bonchev–Trinajstić information content (AvgIpc) is 3.15. The van der Waals surface area contributed by atoms with Crippen molar-refractivity contribution >= 4 is 34.2 Å². The molecule has 0 unspecified atom stereocenters. The minimum Gasteiger partial charge on any atom is -0.451 e. The van der Waals surface area contributed by atoms with Crippen molar-refractivity contribution in [3.63, 3.8) is 0 Å². The van der Waals surface area contributed by atoms with Crippen molar-refractivity contribution in [3.8, 4) is 0 Å². The van der Waals surface area contributed by atoms with Crippen molar-refractivity contribution in [3.05, 3.63) is 95.7 Å². The van der Waals surface area contributed by atoms with Gasteiger partial charge in [-0.05, 0) is 55.0 Å². The molecule has 4 aromatic rings. The van der Waals surface area contributed by atoms with E-state index in [-0.39, 0.29) is 17.6 Å². The number of furan rings is 1. The molecular weight excluding hydrogens is 352 g/mol. The van der Waals surface area contributed by atoms with Crippen LogP contribution in [-0.2, 0) is 0 Å². The highest BCUT2D eigenvalue weighted by molar-refractivity contribution is 6.06. The van der Waals surface area contributed by atoms with Crippen molar-refractivity contribution in [2.24, 2.45) is 0 Å². The number of hydrogen-bond donors (Lipinski definition) is 2. The van der Waals surface area contributed by atoms with Crippen molar-refractivity contribution in [2.75, 3.05) is 10.6 Å². The molecule has 0 fully saturated rings. The summed E-state index contributed by atoms with van der Waals surface area (Å²) >= 11 is 0. The molecule has 0 aliphatic carbocycles. The molecule has 0 aliphatic heterocycles. The summed E-state index contributed by atoms with van der Waals surface area (Å²) < 4.78 is 5.59. The van der Waals surface area contributed by atoms with E-state index in [4.69, 9.17) is 4.42 Å². The number of anilines is 2. The van der Waals surface area contributed by atoms with Gasteiger partial charge in [0.1, 0.15) is 5.58 Å². The summed E-state index contributed by atoms with van der Waals surface area (Å²) in [6, 6.07) is 23.5. The Morgan fingerprint density at radius 3 is 2.29 bits per heavy atom. The van der Waals surface area contributed by atoms with Gasteiger partial charge in [-0.25, -0.2) is 0 Å². The van der Waals surface area contributed by atoms with E-state index in [0.717, 1.165) is 10.9 Å². The molecule has 4 rings (SSSR count). The van der Waals surface area contributed by atoms with Crippen LogP contribution in [0.4, 0.5) is 11.4 Å². The Kier molecular flexibility index (Phi) is 4.64. The second-order valence-electron chi connectivity index (χ2n) is 6.45. The Labute approximate surface area is 162 Å². The Morgan fingerprint density at radius 2 is 1.54 bits per heavy atom. The SMILES string of the molecule is Cc1cc(NC(=O)c2cc3ccccc3o2)ccc1NC(=O)c1ccccc1. The highest BCUT2D eigenvalue weighted by Crippen LogP contribution is 2.23. The lowest BCUT2D eigenvalue weighted by Crippen LogP contribution is -2.14. The Balaban J connectivity index is 1.48. The van der Waals surface area contributed by atoms with E-state index >= 15 is 0 Å². The molecule has 1 heterocycles. The van der Waals surface area contributed by atoms with Crippen molar-refractivity contribution in [2.45, 2.75) is 6.92 Å². The zero-order valence-electron chi connectivity index (χ0n) is 15.2. The molecule has 28 heavy (non-hydrogen) atoms. The molecule has 0 bridgehead atoms. The van der Waals surface area contributed by atoms with Gasteiger partial charge >= 0.3 is 0 Å². The van der Waals surface area contributed by atoms with E-state index in [0.29, 0.717) is 22.5 Å². The summed E-state index contributed by atoms with van der Waals surface area (Å²) in [6.07, 6.45) is 0. The third kappa shape index (κ3) is 3.64. The number of benzene rings is 3. The monoisotopic (exact) mass is 370 g/mol. The maximum atomic E-state index is 12.5. The highest BCUT2D eigenvalue weighted by Gasteiger charge is 2.13. The van der Waals surface area contributed by atoms with Crippen molar-refractivity contribution in [1.82, 2.24) is 0 Å². The van der Waals surface area contributed by atoms with Crippen LogP contribution in [0.2, 0.25) is 0 Å². The quantitative estimate of drug-likeness (QED) is 0.516. The Hall–Kier alpha value is -3.86. The first kappa shape index (κ1) is 17.5. The van der Waals surface area contributed by atoms with Crippen molar-refractivity contribution in [1.29, 1.82) is 0 Å². The van der Waals surface area contributed by atoms with Gasteiger partial charge in [-0.15, -0.1) is 0 Å². The third-order valence-corrected chi connectivity index (χ3v) is 4.42. The lowest BCUT2D eigenvalue weighted by atomic mass is 10.1. The van der Waals surface area contributed by atoms with E-state index in [1.807, 2.05) is 49.4 Å². The lowest BCUT2D eigenvalue weighted by molar-refractivity contribution is 0.0996. The summed E-state index contributed by atoms with van der Waals surface area (Å²) in [6.45, 7) is 1.87. The van der Waals surface area contributed by atoms with Crippen LogP contribution in [0, 0.1) is 6.92 Å². The molecule has 0 aliphatic rings. The molecule has 0 atom stereocenters. The summed E-state index contributed by atoms with van der Waals surface area (Å²) in [4.78, 5) is 24.8. The normalized spacial score (nSPS) is 10.6. The van der Waals surface area contributed by atoms with Crippen LogP contribution in [0.1, 0.15) is 26.5 Å². The molecule has 138 valence electrons. The zero-order valence-corrected chi connectivity index (χ0v) is 15.2. The summed E-state index contributed by atoms with van der Waals surface area (Å²) in [5, 5.41) is 6.59. The smallest absolute Gasteiger partial charge is 0.291 e. The van der Waals surface area contributed by atoms with Gasteiger partial charge in [0.15, 0.2) is 5.76 Å². The van der Waals surface area contributed by atoms with Gasteiger partial charge in [-0.2, -0.15) is 0 Å². The summed E-state index contributed by atoms with van der Waals surface area (Å²) in [5.41, 5.74) is 3.41. The molecule has 2 amide bonds. The van der Waals surface area contributed by atoms with Crippen LogP contribution in [-0.4, -0.2) is 11.8 Å². The third-order valence-electron chi connectivity index (χ3n) is 4.42. The summed E-state index contributed by atoms with van der Waals surface area (Å²) in [7, 11) is 0. The second kappa shape index (κ2) is 7.40. The van der Waals surface area contributed by atoms with Crippen LogP contribution in [0.25, 0.3) is 11.0 Å². The topological polar surface area (TPSA) is 71.3 Å².